The van der Waals surface area contributed by atoms with Gasteiger partial charge < -0.3 is 38.5 Å². The quantitative estimate of drug-likeness (QED) is 0.248. The average Bonchev–Trinajstić information content (AvgIpc) is 2.68. The van der Waals surface area contributed by atoms with Gasteiger partial charge >= 0.3 is 15.2 Å². The van der Waals surface area contributed by atoms with Crippen LogP contribution in [0, 0.1) is 0 Å². The van der Waals surface area contributed by atoms with Crippen LogP contribution in [0.25, 0.3) is 0 Å². The van der Waals surface area contributed by atoms with Gasteiger partial charge in [0.2, 0.25) is 0 Å². The van der Waals surface area contributed by atoms with Crippen LogP contribution in [-0.4, -0.2) is 59.2 Å². The van der Waals surface area contributed by atoms with E-state index in [9.17, 15) is 9.13 Å². The molecule has 4 N–H and O–H groups in total. The Labute approximate surface area is 173 Å². The van der Waals surface area contributed by atoms with Crippen LogP contribution >= 0.6 is 15.2 Å². The Hall–Kier alpha value is -1.74. The molecule has 30 heavy (non-hydrogen) atoms. The van der Waals surface area contributed by atoms with E-state index in [2.05, 4.69) is 0 Å². The summed E-state index contributed by atoms with van der Waals surface area (Å²) in [6, 6.07) is 11.4. The maximum absolute atomic E-state index is 11.2. The zero-order valence-electron chi connectivity index (χ0n) is 16.0. The number of benzene rings is 2. The molecule has 0 amide bonds. The van der Waals surface area contributed by atoms with Crippen LogP contribution in [0.15, 0.2) is 48.5 Å². The highest BCUT2D eigenvalue weighted by Crippen LogP contribution is 2.34. The third-order valence-corrected chi connectivity index (χ3v) is 5.57. The van der Waals surface area contributed by atoms with E-state index >= 15 is 0 Å². The molecule has 0 atom stereocenters. The second kappa shape index (κ2) is 11.6. The summed E-state index contributed by atoms with van der Waals surface area (Å²) in [5.41, 5.74) is 0. The van der Waals surface area contributed by atoms with Gasteiger partial charge in [0, 0.05) is 0 Å². The molecule has 0 spiro atoms. The molecule has 0 aliphatic heterocycles. The molecule has 0 aliphatic rings. The van der Waals surface area contributed by atoms with Gasteiger partial charge in [0.25, 0.3) is 0 Å². The van der Waals surface area contributed by atoms with Gasteiger partial charge in [0.15, 0.2) is 0 Å². The zero-order chi connectivity index (χ0) is 22.0. The zero-order valence-corrected chi connectivity index (χ0v) is 17.8. The van der Waals surface area contributed by atoms with E-state index in [-0.39, 0.29) is 37.0 Å². The molecule has 2 aromatic rings. The van der Waals surface area contributed by atoms with Crippen molar-refractivity contribution in [2.45, 2.75) is 0 Å². The van der Waals surface area contributed by atoms with Crippen LogP contribution < -0.4 is 20.1 Å². The molecular formula is C18H24O10P2. The Morgan fingerprint density at radius 2 is 0.967 bits per heavy atom. The third-order valence-electron chi connectivity index (χ3n) is 3.67. The molecule has 0 bridgehead atoms. The minimum atomic E-state index is -4.31. The maximum atomic E-state index is 11.2. The van der Waals surface area contributed by atoms with E-state index in [1.165, 1.54) is 36.4 Å². The van der Waals surface area contributed by atoms with Crippen LogP contribution in [-0.2, 0) is 18.6 Å². The van der Waals surface area contributed by atoms with E-state index in [1.54, 1.807) is 12.1 Å². The summed E-state index contributed by atoms with van der Waals surface area (Å²) >= 11 is 0. The molecule has 10 nitrogen and oxygen atoms in total. The fourth-order valence-corrected chi connectivity index (χ4v) is 3.42. The fourth-order valence-electron chi connectivity index (χ4n) is 2.27. The molecule has 0 radical (unpaired) electrons. The lowest BCUT2D eigenvalue weighted by atomic mass is 10.3. The second-order valence-corrected chi connectivity index (χ2v) is 9.21. The van der Waals surface area contributed by atoms with Crippen LogP contribution in [0.1, 0.15) is 0 Å². The van der Waals surface area contributed by atoms with Crippen molar-refractivity contribution in [3.8, 4) is 11.5 Å². The van der Waals surface area contributed by atoms with Crippen molar-refractivity contribution in [1.29, 1.82) is 0 Å². The molecule has 0 unspecified atom stereocenters. The molecule has 0 saturated carbocycles. The van der Waals surface area contributed by atoms with Crippen molar-refractivity contribution in [3.05, 3.63) is 48.5 Å². The molecule has 0 aromatic heterocycles. The number of rotatable bonds is 13. The lowest BCUT2D eigenvalue weighted by molar-refractivity contribution is 0.0274. The first-order chi connectivity index (χ1) is 14.2. The molecule has 0 saturated heterocycles. The molecule has 2 rings (SSSR count). The largest absolute Gasteiger partial charge is 0.491 e. The fraction of sp³-hybridized carbons (Fsp3) is 0.333. The minimum absolute atomic E-state index is 0.106. The van der Waals surface area contributed by atoms with Gasteiger partial charge in [-0.15, -0.1) is 0 Å². The van der Waals surface area contributed by atoms with E-state index in [0.29, 0.717) is 24.7 Å². The molecule has 0 aliphatic carbocycles. The number of hydrogen-bond acceptors (Lipinski definition) is 6. The first-order valence-corrected chi connectivity index (χ1v) is 12.1. The lowest BCUT2D eigenvalue weighted by Crippen LogP contribution is -2.14. The summed E-state index contributed by atoms with van der Waals surface area (Å²) in [5.74, 6) is 0.686. The Balaban J connectivity index is 1.53. The molecule has 2 aromatic carbocycles. The van der Waals surface area contributed by atoms with E-state index < -0.39 is 15.2 Å². The summed E-state index contributed by atoms with van der Waals surface area (Å²) < 4.78 is 43.9. The predicted molar refractivity (Wildman–Crippen MR) is 109 cm³/mol. The van der Waals surface area contributed by atoms with Gasteiger partial charge in [-0.25, -0.2) is 0 Å². The smallest absolute Gasteiger partial charge is 0.356 e. The SMILES string of the molecule is O=P(O)(O)c1cccc(OCCOCCOCCOc2cccc(P(=O)(O)O)c2)c1. The summed E-state index contributed by atoms with van der Waals surface area (Å²) in [6.07, 6.45) is 0. The molecular weight excluding hydrogens is 438 g/mol. The predicted octanol–water partition coefficient (Wildman–Crippen LogP) is 0.784. The summed E-state index contributed by atoms with van der Waals surface area (Å²) in [4.78, 5) is 36.5. The van der Waals surface area contributed by atoms with Gasteiger partial charge in [-0.1, -0.05) is 12.1 Å². The highest BCUT2D eigenvalue weighted by Gasteiger charge is 2.18. The second-order valence-electron chi connectivity index (χ2n) is 6.00. The topological polar surface area (TPSA) is 152 Å². The molecule has 0 fully saturated rings. The standard InChI is InChI=1S/C18H24O10P2/c19-29(20,21)17-5-1-3-15(13-17)27-11-9-25-7-8-26-10-12-28-16-4-2-6-18(14-16)30(22,23)24/h1-6,13-14H,7-12H2,(H2,19,20,21)(H2,22,23,24). The number of hydrogen-bond donors (Lipinski definition) is 4. The minimum Gasteiger partial charge on any atom is -0.491 e. The first-order valence-electron chi connectivity index (χ1n) is 8.90. The Morgan fingerprint density at radius 3 is 1.33 bits per heavy atom. The summed E-state index contributed by atoms with van der Waals surface area (Å²) in [5, 5.41) is -0.213. The molecule has 12 heteroatoms. The third kappa shape index (κ3) is 8.95. The van der Waals surface area contributed by atoms with E-state index in [0.717, 1.165) is 0 Å². The van der Waals surface area contributed by atoms with Crippen molar-refractivity contribution >= 4 is 25.8 Å². The van der Waals surface area contributed by atoms with Crippen LogP contribution in [0.4, 0.5) is 0 Å². The Bertz CT molecular complexity index is 819. The van der Waals surface area contributed by atoms with E-state index in [1.807, 2.05) is 0 Å². The van der Waals surface area contributed by atoms with Gasteiger partial charge in [0.1, 0.15) is 24.7 Å². The van der Waals surface area contributed by atoms with Crippen molar-refractivity contribution in [2.75, 3.05) is 39.6 Å². The monoisotopic (exact) mass is 462 g/mol. The molecule has 0 heterocycles. The highest BCUT2D eigenvalue weighted by atomic mass is 31.2. The van der Waals surface area contributed by atoms with Crippen molar-refractivity contribution in [1.82, 2.24) is 0 Å². The van der Waals surface area contributed by atoms with Gasteiger partial charge in [-0.3, -0.25) is 9.13 Å². The van der Waals surface area contributed by atoms with Crippen LogP contribution in [0.5, 0.6) is 11.5 Å². The molecule has 166 valence electrons. The van der Waals surface area contributed by atoms with Crippen LogP contribution in [0.2, 0.25) is 0 Å². The summed E-state index contributed by atoms with van der Waals surface area (Å²) in [7, 11) is -8.62. The highest BCUT2D eigenvalue weighted by molar-refractivity contribution is 7.60. The van der Waals surface area contributed by atoms with Crippen molar-refractivity contribution in [3.63, 3.8) is 0 Å². The normalized spacial score (nSPS) is 12.0. The average molecular weight is 462 g/mol. The van der Waals surface area contributed by atoms with Crippen molar-refractivity contribution < 1.29 is 47.7 Å². The lowest BCUT2D eigenvalue weighted by Gasteiger charge is -2.10. The first kappa shape index (κ1) is 24.5. The number of ether oxygens (including phenoxy) is 4. The van der Waals surface area contributed by atoms with Gasteiger partial charge in [-0.2, -0.15) is 0 Å². The van der Waals surface area contributed by atoms with E-state index in [4.69, 9.17) is 38.5 Å². The summed E-state index contributed by atoms with van der Waals surface area (Å²) in [6.45, 7) is 1.61. The van der Waals surface area contributed by atoms with Crippen molar-refractivity contribution in [2.24, 2.45) is 0 Å². The van der Waals surface area contributed by atoms with Crippen LogP contribution in [0.3, 0.4) is 0 Å². The Kier molecular flexibility index (Phi) is 9.48. The maximum Gasteiger partial charge on any atom is 0.356 e. The Morgan fingerprint density at radius 1 is 0.600 bits per heavy atom. The van der Waals surface area contributed by atoms with Gasteiger partial charge in [-0.05, 0) is 36.4 Å². The van der Waals surface area contributed by atoms with Gasteiger partial charge in [0.05, 0.1) is 37.0 Å².